The van der Waals surface area contributed by atoms with Crippen molar-refractivity contribution < 1.29 is 4.74 Å². The van der Waals surface area contributed by atoms with Crippen molar-refractivity contribution in [1.82, 2.24) is 19.5 Å². The molecule has 0 unspecified atom stereocenters. The number of aryl methyl sites for hydroxylation is 1. The van der Waals surface area contributed by atoms with Gasteiger partial charge >= 0.3 is 0 Å². The Morgan fingerprint density at radius 2 is 2.11 bits per heavy atom. The molecule has 2 aromatic heterocycles. The van der Waals surface area contributed by atoms with Crippen molar-refractivity contribution in [3.8, 4) is 11.8 Å². The van der Waals surface area contributed by atoms with Gasteiger partial charge < -0.3 is 4.74 Å². The third-order valence-electron chi connectivity index (χ3n) is 3.14. The first-order valence-electron chi connectivity index (χ1n) is 5.91. The van der Waals surface area contributed by atoms with Crippen LogP contribution in [0.2, 0.25) is 0 Å². The van der Waals surface area contributed by atoms with Gasteiger partial charge in [-0.2, -0.15) is 4.98 Å². The highest BCUT2D eigenvalue weighted by Gasteiger charge is 2.18. The van der Waals surface area contributed by atoms with Gasteiger partial charge in [-0.1, -0.05) is 0 Å². The van der Waals surface area contributed by atoms with Crippen LogP contribution in [0.5, 0.6) is 5.88 Å². The molecule has 0 radical (unpaired) electrons. The predicted octanol–water partition coefficient (Wildman–Crippen LogP) is 2.31. The van der Waals surface area contributed by atoms with Crippen molar-refractivity contribution in [2.45, 2.75) is 25.7 Å². The van der Waals surface area contributed by atoms with Crippen LogP contribution >= 0.6 is 15.9 Å². The number of halogens is 1. The summed E-state index contributed by atoms with van der Waals surface area (Å²) >= 11 is 3.35. The second-order valence-electron chi connectivity index (χ2n) is 4.24. The molecule has 2 heterocycles. The van der Waals surface area contributed by atoms with E-state index in [1.54, 1.807) is 19.6 Å². The molecule has 0 saturated carbocycles. The highest BCUT2D eigenvalue weighted by atomic mass is 79.9. The van der Waals surface area contributed by atoms with Crippen molar-refractivity contribution in [3.05, 3.63) is 28.4 Å². The Balaban J connectivity index is 2.07. The first-order valence-corrected chi connectivity index (χ1v) is 6.71. The van der Waals surface area contributed by atoms with E-state index in [0.29, 0.717) is 11.8 Å². The normalized spacial score (nSPS) is 14.3. The topological polar surface area (TPSA) is 52.8 Å². The fourth-order valence-corrected chi connectivity index (χ4v) is 2.60. The highest BCUT2D eigenvalue weighted by molar-refractivity contribution is 9.10. The van der Waals surface area contributed by atoms with E-state index < -0.39 is 0 Å². The summed E-state index contributed by atoms with van der Waals surface area (Å²) in [5.74, 6) is 1.16. The minimum Gasteiger partial charge on any atom is -0.480 e. The predicted molar refractivity (Wildman–Crippen MR) is 70.0 cm³/mol. The van der Waals surface area contributed by atoms with E-state index in [4.69, 9.17) is 4.74 Å². The summed E-state index contributed by atoms with van der Waals surface area (Å²) in [7, 11) is 1.60. The molecule has 94 valence electrons. The molecule has 0 aromatic carbocycles. The van der Waals surface area contributed by atoms with Gasteiger partial charge in [0, 0.05) is 5.69 Å². The third-order valence-corrected chi connectivity index (χ3v) is 3.68. The third kappa shape index (κ3) is 1.90. The molecule has 5 nitrogen and oxygen atoms in total. The van der Waals surface area contributed by atoms with E-state index in [1.165, 1.54) is 24.2 Å². The molecule has 0 saturated heterocycles. The van der Waals surface area contributed by atoms with Crippen molar-refractivity contribution >= 4 is 15.9 Å². The van der Waals surface area contributed by atoms with E-state index in [0.717, 1.165) is 17.3 Å². The van der Waals surface area contributed by atoms with Gasteiger partial charge in [-0.3, -0.25) is 4.57 Å². The van der Waals surface area contributed by atoms with Gasteiger partial charge in [0.2, 0.25) is 11.8 Å². The van der Waals surface area contributed by atoms with Crippen LogP contribution < -0.4 is 4.74 Å². The zero-order chi connectivity index (χ0) is 12.5. The second kappa shape index (κ2) is 4.68. The minimum absolute atomic E-state index is 0.540. The molecule has 0 atom stereocenters. The molecular formula is C12H13BrN4O. The van der Waals surface area contributed by atoms with Gasteiger partial charge in [0.25, 0.3) is 0 Å². The Morgan fingerprint density at radius 1 is 1.28 bits per heavy atom. The lowest BCUT2D eigenvalue weighted by atomic mass is 10.0. The summed E-state index contributed by atoms with van der Waals surface area (Å²) < 4.78 is 7.91. The monoisotopic (exact) mass is 308 g/mol. The number of ether oxygens (including phenoxy) is 1. The molecule has 3 rings (SSSR count). The molecule has 1 aliphatic carbocycles. The zero-order valence-corrected chi connectivity index (χ0v) is 11.6. The number of fused-ring (bicyclic) bond motifs is 1. The van der Waals surface area contributed by atoms with Crippen LogP contribution in [0, 0.1) is 0 Å². The van der Waals surface area contributed by atoms with Crippen molar-refractivity contribution in [2.75, 3.05) is 7.11 Å². The quantitative estimate of drug-likeness (QED) is 0.854. The molecule has 0 amide bonds. The van der Waals surface area contributed by atoms with Crippen LogP contribution in [0.4, 0.5) is 0 Å². The Labute approximate surface area is 113 Å². The van der Waals surface area contributed by atoms with Crippen LogP contribution in [-0.2, 0) is 12.8 Å². The van der Waals surface area contributed by atoms with E-state index in [-0.39, 0.29) is 0 Å². The number of methoxy groups -OCH3 is 1. The maximum absolute atomic E-state index is 5.20. The maximum atomic E-state index is 5.20. The SMILES string of the molecule is COc1nc(-n2cnc3c2CCCC3)ncc1Br. The number of nitrogens with zero attached hydrogens (tertiary/aromatic N) is 4. The summed E-state index contributed by atoms with van der Waals surface area (Å²) in [6.45, 7) is 0. The summed E-state index contributed by atoms with van der Waals surface area (Å²) in [5.41, 5.74) is 2.40. The molecule has 0 spiro atoms. The van der Waals surface area contributed by atoms with Crippen molar-refractivity contribution in [2.24, 2.45) is 0 Å². The van der Waals surface area contributed by atoms with E-state index in [9.17, 15) is 0 Å². The summed E-state index contributed by atoms with van der Waals surface area (Å²) in [6, 6.07) is 0. The Kier molecular flexibility index (Phi) is 3.03. The van der Waals surface area contributed by atoms with Crippen LogP contribution in [0.3, 0.4) is 0 Å². The van der Waals surface area contributed by atoms with Crippen molar-refractivity contribution in [1.29, 1.82) is 0 Å². The number of imidazole rings is 1. The first kappa shape index (κ1) is 11.6. The van der Waals surface area contributed by atoms with E-state index in [1.807, 2.05) is 4.57 Å². The van der Waals surface area contributed by atoms with E-state index >= 15 is 0 Å². The maximum Gasteiger partial charge on any atom is 0.238 e. The molecule has 0 fully saturated rings. The molecule has 18 heavy (non-hydrogen) atoms. The number of aromatic nitrogens is 4. The number of hydrogen-bond donors (Lipinski definition) is 0. The molecular weight excluding hydrogens is 296 g/mol. The smallest absolute Gasteiger partial charge is 0.238 e. The summed E-state index contributed by atoms with van der Waals surface area (Å²) in [5, 5.41) is 0. The van der Waals surface area contributed by atoms with Gasteiger partial charge in [0.15, 0.2) is 0 Å². The Morgan fingerprint density at radius 3 is 2.94 bits per heavy atom. The largest absolute Gasteiger partial charge is 0.480 e. The average Bonchev–Trinajstić information content (AvgIpc) is 2.83. The zero-order valence-electron chi connectivity index (χ0n) is 10.1. The second-order valence-corrected chi connectivity index (χ2v) is 5.10. The molecule has 2 aromatic rings. The lowest BCUT2D eigenvalue weighted by Crippen LogP contribution is -2.09. The fourth-order valence-electron chi connectivity index (χ4n) is 2.24. The summed E-state index contributed by atoms with van der Waals surface area (Å²) in [6.07, 6.45) is 8.02. The molecule has 0 aliphatic heterocycles. The lowest BCUT2D eigenvalue weighted by Gasteiger charge is -2.13. The van der Waals surface area contributed by atoms with Gasteiger partial charge in [0.1, 0.15) is 6.33 Å². The molecule has 1 aliphatic rings. The fraction of sp³-hybridized carbons (Fsp3) is 0.417. The van der Waals surface area contributed by atoms with Gasteiger partial charge in [-0.05, 0) is 41.6 Å². The summed E-state index contributed by atoms with van der Waals surface area (Å²) in [4.78, 5) is 13.1. The first-order chi connectivity index (χ1) is 8.79. The lowest BCUT2D eigenvalue weighted by molar-refractivity contribution is 0.393. The van der Waals surface area contributed by atoms with Crippen LogP contribution in [0.1, 0.15) is 24.2 Å². The van der Waals surface area contributed by atoms with Gasteiger partial charge in [0.05, 0.1) is 23.5 Å². The molecule has 6 heteroatoms. The Hall–Kier alpha value is -1.43. The number of rotatable bonds is 2. The highest BCUT2D eigenvalue weighted by Crippen LogP contribution is 2.25. The van der Waals surface area contributed by atoms with Gasteiger partial charge in [-0.15, -0.1) is 0 Å². The Bertz CT molecular complexity index is 581. The standard InChI is InChI=1S/C12H13BrN4O/c1-18-11-8(13)6-14-12(16-11)17-7-15-9-4-2-3-5-10(9)17/h6-7H,2-5H2,1H3. The molecule has 0 bridgehead atoms. The van der Waals surface area contributed by atoms with Crippen LogP contribution in [0.15, 0.2) is 17.0 Å². The van der Waals surface area contributed by atoms with Crippen LogP contribution in [-0.4, -0.2) is 26.6 Å². The van der Waals surface area contributed by atoms with E-state index in [2.05, 4.69) is 30.9 Å². The average molecular weight is 309 g/mol. The molecule has 0 N–H and O–H groups in total. The van der Waals surface area contributed by atoms with Crippen LogP contribution in [0.25, 0.3) is 5.95 Å². The van der Waals surface area contributed by atoms with Gasteiger partial charge in [-0.25, -0.2) is 9.97 Å². The minimum atomic E-state index is 0.540. The number of hydrogen-bond acceptors (Lipinski definition) is 4. The van der Waals surface area contributed by atoms with Crippen molar-refractivity contribution in [3.63, 3.8) is 0 Å².